The van der Waals surface area contributed by atoms with Crippen LogP contribution in [0.4, 0.5) is 4.79 Å². The number of rotatable bonds is 7. The van der Waals surface area contributed by atoms with Gasteiger partial charge in [0.2, 0.25) is 0 Å². The van der Waals surface area contributed by atoms with E-state index in [2.05, 4.69) is 5.32 Å². The van der Waals surface area contributed by atoms with Crippen LogP contribution in [0.1, 0.15) is 38.4 Å². The van der Waals surface area contributed by atoms with Crippen LogP contribution in [0.25, 0.3) is 0 Å². The Morgan fingerprint density at radius 3 is 2.62 bits per heavy atom. The van der Waals surface area contributed by atoms with Crippen molar-refractivity contribution < 1.29 is 14.3 Å². The van der Waals surface area contributed by atoms with Gasteiger partial charge in [-0.15, -0.1) is 0 Å². The Hall–Kier alpha value is -1.88. The van der Waals surface area contributed by atoms with E-state index in [0.29, 0.717) is 26.0 Å². The predicted molar refractivity (Wildman–Crippen MR) is 79.7 cm³/mol. The summed E-state index contributed by atoms with van der Waals surface area (Å²) in [6.45, 7) is 4.81. The van der Waals surface area contributed by atoms with Crippen LogP contribution in [-0.2, 0) is 9.53 Å². The molecule has 0 unspecified atom stereocenters. The number of amides is 3. The molecule has 5 nitrogen and oxygen atoms in total. The molecular weight excluding hydrogens is 268 g/mol. The van der Waals surface area contributed by atoms with Gasteiger partial charge in [0.15, 0.2) is 0 Å². The van der Waals surface area contributed by atoms with Crippen LogP contribution in [0.5, 0.6) is 0 Å². The van der Waals surface area contributed by atoms with E-state index in [1.807, 2.05) is 44.2 Å². The highest BCUT2D eigenvalue weighted by atomic mass is 16.5. The zero-order valence-electron chi connectivity index (χ0n) is 12.5. The molecule has 0 aromatic heterocycles. The summed E-state index contributed by atoms with van der Waals surface area (Å²) in [7, 11) is 0. The van der Waals surface area contributed by atoms with Gasteiger partial charge in [-0.3, -0.25) is 9.69 Å². The third-order valence-corrected chi connectivity index (χ3v) is 3.68. The number of nitrogens with zero attached hydrogens (tertiary/aromatic N) is 1. The molecule has 1 fully saturated rings. The minimum Gasteiger partial charge on any atom is -0.374 e. The number of carbonyl (C=O) groups excluding carboxylic acids is 2. The first-order chi connectivity index (χ1) is 10.1. The molecule has 3 amide bonds. The van der Waals surface area contributed by atoms with Crippen molar-refractivity contribution >= 4 is 11.9 Å². The molecule has 1 aromatic carbocycles. The molecule has 1 saturated heterocycles. The quantitative estimate of drug-likeness (QED) is 0.620. The average molecular weight is 290 g/mol. The van der Waals surface area contributed by atoms with Gasteiger partial charge in [0, 0.05) is 13.2 Å². The van der Waals surface area contributed by atoms with Gasteiger partial charge in [0.05, 0.1) is 6.10 Å². The molecule has 1 aromatic rings. The Morgan fingerprint density at radius 1 is 1.29 bits per heavy atom. The highest BCUT2D eigenvalue weighted by Crippen LogP contribution is 2.16. The fourth-order valence-corrected chi connectivity index (χ4v) is 2.37. The minimum atomic E-state index is -0.360. The SMILES string of the molecule is CC[C@@H]1NC(=O)N(CCCO[C@H](C)c2ccccc2)C1=O. The maximum absolute atomic E-state index is 11.9. The molecule has 0 bridgehead atoms. The van der Waals surface area contributed by atoms with Crippen LogP contribution in [-0.4, -0.2) is 36.0 Å². The Kier molecular flexibility index (Phi) is 5.33. The van der Waals surface area contributed by atoms with E-state index in [1.165, 1.54) is 4.90 Å². The molecular formula is C16H22N2O3. The van der Waals surface area contributed by atoms with E-state index >= 15 is 0 Å². The van der Waals surface area contributed by atoms with Crippen LogP contribution in [0, 0.1) is 0 Å². The maximum Gasteiger partial charge on any atom is 0.324 e. The van der Waals surface area contributed by atoms with Crippen molar-refractivity contribution in [1.29, 1.82) is 0 Å². The normalized spacial score (nSPS) is 19.7. The number of hydrogen-bond donors (Lipinski definition) is 1. The first-order valence-corrected chi connectivity index (χ1v) is 7.42. The van der Waals surface area contributed by atoms with Gasteiger partial charge in [0.25, 0.3) is 5.91 Å². The van der Waals surface area contributed by atoms with Crippen molar-refractivity contribution in [3.8, 4) is 0 Å². The zero-order valence-corrected chi connectivity index (χ0v) is 12.5. The van der Waals surface area contributed by atoms with Gasteiger partial charge in [-0.2, -0.15) is 0 Å². The van der Waals surface area contributed by atoms with Gasteiger partial charge in [-0.05, 0) is 25.3 Å². The summed E-state index contributed by atoms with van der Waals surface area (Å²) >= 11 is 0. The molecule has 114 valence electrons. The Morgan fingerprint density at radius 2 is 2.00 bits per heavy atom. The molecule has 21 heavy (non-hydrogen) atoms. The minimum absolute atomic E-state index is 0.0118. The van der Waals surface area contributed by atoms with Crippen molar-refractivity contribution in [2.45, 2.75) is 38.8 Å². The number of ether oxygens (including phenoxy) is 1. The summed E-state index contributed by atoms with van der Waals surface area (Å²) in [6, 6.07) is 9.32. The summed E-state index contributed by atoms with van der Waals surface area (Å²) in [5.74, 6) is -0.126. The lowest BCUT2D eigenvalue weighted by molar-refractivity contribution is -0.127. The standard InChI is InChI=1S/C16H22N2O3/c1-3-14-15(19)18(16(20)17-14)10-7-11-21-12(2)13-8-5-4-6-9-13/h4-6,8-9,12,14H,3,7,10-11H2,1-2H3,(H,17,20)/t12-,14+/m1/s1. The van der Waals surface area contributed by atoms with E-state index in [1.54, 1.807) is 0 Å². The van der Waals surface area contributed by atoms with Crippen molar-refractivity contribution in [2.75, 3.05) is 13.2 Å². The predicted octanol–water partition coefficient (Wildman–Crippen LogP) is 2.48. The van der Waals surface area contributed by atoms with Gasteiger partial charge < -0.3 is 10.1 Å². The second-order valence-corrected chi connectivity index (χ2v) is 5.18. The molecule has 0 radical (unpaired) electrons. The molecule has 1 N–H and O–H groups in total. The number of carbonyl (C=O) groups is 2. The highest BCUT2D eigenvalue weighted by molar-refractivity contribution is 6.04. The van der Waals surface area contributed by atoms with E-state index < -0.39 is 0 Å². The van der Waals surface area contributed by atoms with Crippen molar-refractivity contribution in [2.24, 2.45) is 0 Å². The number of hydrogen-bond acceptors (Lipinski definition) is 3. The van der Waals surface area contributed by atoms with Gasteiger partial charge >= 0.3 is 6.03 Å². The molecule has 2 atom stereocenters. The highest BCUT2D eigenvalue weighted by Gasteiger charge is 2.36. The summed E-state index contributed by atoms with van der Waals surface area (Å²) in [5, 5.41) is 2.68. The third-order valence-electron chi connectivity index (χ3n) is 3.68. The van der Waals surface area contributed by atoms with Crippen LogP contribution < -0.4 is 5.32 Å². The molecule has 0 spiro atoms. The maximum atomic E-state index is 11.9. The molecule has 0 saturated carbocycles. The second kappa shape index (κ2) is 7.22. The summed E-state index contributed by atoms with van der Waals surface area (Å²) < 4.78 is 5.74. The Labute approximate surface area is 125 Å². The van der Waals surface area contributed by atoms with Gasteiger partial charge in [0.1, 0.15) is 6.04 Å². The number of benzene rings is 1. The summed E-state index contributed by atoms with van der Waals surface area (Å²) in [4.78, 5) is 24.8. The zero-order chi connectivity index (χ0) is 15.2. The lowest BCUT2D eigenvalue weighted by Crippen LogP contribution is -2.32. The van der Waals surface area contributed by atoms with Crippen molar-refractivity contribution in [1.82, 2.24) is 10.2 Å². The first kappa shape index (κ1) is 15.5. The fourth-order valence-electron chi connectivity index (χ4n) is 2.37. The van der Waals surface area contributed by atoms with Gasteiger partial charge in [-0.25, -0.2) is 4.79 Å². The lowest BCUT2D eigenvalue weighted by atomic mass is 10.1. The third kappa shape index (κ3) is 3.82. The van der Waals surface area contributed by atoms with E-state index in [9.17, 15) is 9.59 Å². The Balaban J connectivity index is 1.73. The number of imide groups is 1. The molecule has 1 aliphatic heterocycles. The largest absolute Gasteiger partial charge is 0.374 e. The van der Waals surface area contributed by atoms with Crippen molar-refractivity contribution in [3.05, 3.63) is 35.9 Å². The number of nitrogens with one attached hydrogen (secondary N) is 1. The molecule has 0 aliphatic carbocycles. The number of urea groups is 1. The van der Waals surface area contributed by atoms with E-state index in [0.717, 1.165) is 5.56 Å². The van der Waals surface area contributed by atoms with E-state index in [4.69, 9.17) is 4.74 Å². The average Bonchev–Trinajstić information content (AvgIpc) is 2.79. The lowest BCUT2D eigenvalue weighted by Gasteiger charge is -2.16. The van der Waals surface area contributed by atoms with Gasteiger partial charge in [-0.1, -0.05) is 37.3 Å². The smallest absolute Gasteiger partial charge is 0.324 e. The first-order valence-electron chi connectivity index (χ1n) is 7.42. The topological polar surface area (TPSA) is 58.6 Å². The molecule has 1 aliphatic rings. The second-order valence-electron chi connectivity index (χ2n) is 5.18. The molecule has 5 heteroatoms. The van der Waals surface area contributed by atoms with Crippen LogP contribution in [0.2, 0.25) is 0 Å². The Bertz CT molecular complexity index is 490. The monoisotopic (exact) mass is 290 g/mol. The molecule has 1 heterocycles. The van der Waals surface area contributed by atoms with Crippen LogP contribution in [0.15, 0.2) is 30.3 Å². The van der Waals surface area contributed by atoms with Crippen LogP contribution >= 0.6 is 0 Å². The van der Waals surface area contributed by atoms with Crippen molar-refractivity contribution in [3.63, 3.8) is 0 Å². The summed E-state index contributed by atoms with van der Waals surface area (Å²) in [5.41, 5.74) is 1.12. The van der Waals surface area contributed by atoms with E-state index in [-0.39, 0.29) is 24.1 Å². The fraction of sp³-hybridized carbons (Fsp3) is 0.500. The summed E-state index contributed by atoms with van der Waals surface area (Å²) in [6.07, 6.45) is 1.28. The van der Waals surface area contributed by atoms with Crippen LogP contribution in [0.3, 0.4) is 0 Å². The molecule has 2 rings (SSSR count).